The lowest BCUT2D eigenvalue weighted by molar-refractivity contribution is 0.723. The number of rotatable bonds is 2. The van der Waals surface area contributed by atoms with Crippen molar-refractivity contribution in [1.82, 2.24) is 5.32 Å². The topological polar surface area (TPSA) is 24.4 Å². The third-order valence-electron chi connectivity index (χ3n) is 2.18. The Morgan fingerprint density at radius 1 is 1.38 bits per heavy atom. The highest BCUT2D eigenvalue weighted by molar-refractivity contribution is 5.86. The maximum absolute atomic E-state index is 4.42. The molecule has 2 heteroatoms. The second-order valence-corrected chi connectivity index (χ2v) is 3.50. The summed E-state index contributed by atoms with van der Waals surface area (Å²) in [5, 5.41) is 3.35. The van der Waals surface area contributed by atoms with Crippen molar-refractivity contribution in [2.24, 2.45) is 4.99 Å². The van der Waals surface area contributed by atoms with Crippen molar-refractivity contribution in [3.63, 3.8) is 0 Å². The van der Waals surface area contributed by atoms with Crippen molar-refractivity contribution in [1.29, 1.82) is 0 Å². The summed E-state index contributed by atoms with van der Waals surface area (Å²) < 4.78 is 0. The third kappa shape index (κ3) is 2.08. The second-order valence-electron chi connectivity index (χ2n) is 3.50. The zero-order valence-corrected chi connectivity index (χ0v) is 7.83. The quantitative estimate of drug-likeness (QED) is 0.724. The van der Waals surface area contributed by atoms with Crippen LogP contribution in [0.4, 0.5) is 0 Å². The molecular weight excluding hydrogens is 160 g/mol. The Balaban J connectivity index is 2.00. The first-order chi connectivity index (χ1) is 6.34. The van der Waals surface area contributed by atoms with Crippen molar-refractivity contribution in [3.05, 3.63) is 35.9 Å². The Morgan fingerprint density at radius 3 is 2.77 bits per heavy atom. The van der Waals surface area contributed by atoms with Crippen molar-refractivity contribution in [2.45, 2.75) is 19.4 Å². The van der Waals surface area contributed by atoms with Crippen LogP contribution in [0.1, 0.15) is 12.5 Å². The molecule has 0 bridgehead atoms. The second kappa shape index (κ2) is 3.60. The fraction of sp³-hybridized carbons (Fsp3) is 0.364. The van der Waals surface area contributed by atoms with Gasteiger partial charge in [-0.2, -0.15) is 0 Å². The van der Waals surface area contributed by atoms with Gasteiger partial charge in [-0.15, -0.1) is 0 Å². The number of nitrogens with one attached hydrogen (secondary N) is 1. The third-order valence-corrected chi connectivity index (χ3v) is 2.18. The highest BCUT2D eigenvalue weighted by atomic mass is 15.1. The van der Waals surface area contributed by atoms with Crippen LogP contribution in [0.25, 0.3) is 0 Å². The summed E-state index contributed by atoms with van der Waals surface area (Å²) in [6.45, 7) is 3.07. The molecular formula is C11H14N2. The number of amidine groups is 1. The predicted molar refractivity (Wildman–Crippen MR) is 55.0 cm³/mol. The molecule has 1 heterocycles. The van der Waals surface area contributed by atoms with Gasteiger partial charge < -0.3 is 5.32 Å². The van der Waals surface area contributed by atoms with E-state index in [-0.39, 0.29) is 0 Å². The maximum atomic E-state index is 4.42. The smallest absolute Gasteiger partial charge is 0.101 e. The molecule has 0 saturated heterocycles. The summed E-state index contributed by atoms with van der Waals surface area (Å²) in [5.41, 5.74) is 1.32. The standard InChI is InChI=1S/C11H14N2/c1-9-8-12-11(13-9)7-10-5-3-2-4-6-10/h2-6,9H,7-8H2,1H3,(H,12,13)/t9-/m1/s1. The molecule has 0 amide bonds. The Morgan fingerprint density at radius 2 is 2.15 bits per heavy atom. The summed E-state index contributed by atoms with van der Waals surface area (Å²) >= 11 is 0. The summed E-state index contributed by atoms with van der Waals surface area (Å²) in [7, 11) is 0. The van der Waals surface area contributed by atoms with Crippen LogP contribution >= 0.6 is 0 Å². The van der Waals surface area contributed by atoms with Gasteiger partial charge >= 0.3 is 0 Å². The molecule has 1 aliphatic rings. The molecule has 13 heavy (non-hydrogen) atoms. The molecule has 0 saturated carbocycles. The molecule has 0 aliphatic carbocycles. The highest BCUT2D eigenvalue weighted by Gasteiger charge is 2.11. The minimum absolute atomic E-state index is 0.513. The van der Waals surface area contributed by atoms with Gasteiger partial charge in [0.25, 0.3) is 0 Å². The SMILES string of the molecule is C[C@@H]1CN=C(Cc2ccccc2)N1. The van der Waals surface area contributed by atoms with Crippen LogP contribution in [0.2, 0.25) is 0 Å². The van der Waals surface area contributed by atoms with Crippen molar-refractivity contribution in [3.8, 4) is 0 Å². The largest absolute Gasteiger partial charge is 0.369 e. The van der Waals surface area contributed by atoms with E-state index in [0.29, 0.717) is 6.04 Å². The van der Waals surface area contributed by atoms with E-state index in [1.54, 1.807) is 0 Å². The molecule has 0 fully saturated rings. The molecule has 1 aromatic rings. The Hall–Kier alpha value is -1.31. The van der Waals surface area contributed by atoms with E-state index in [1.165, 1.54) is 5.56 Å². The van der Waals surface area contributed by atoms with Gasteiger partial charge in [-0.3, -0.25) is 4.99 Å². The van der Waals surface area contributed by atoms with Gasteiger partial charge in [-0.1, -0.05) is 30.3 Å². The maximum Gasteiger partial charge on any atom is 0.101 e. The van der Waals surface area contributed by atoms with Crippen LogP contribution < -0.4 is 5.32 Å². The zero-order valence-electron chi connectivity index (χ0n) is 7.83. The van der Waals surface area contributed by atoms with E-state index in [9.17, 15) is 0 Å². The Labute approximate surface area is 78.7 Å². The Bertz CT molecular complexity index is 303. The molecule has 1 aromatic carbocycles. The van der Waals surface area contributed by atoms with Gasteiger partial charge in [0.1, 0.15) is 5.84 Å². The van der Waals surface area contributed by atoms with Crippen molar-refractivity contribution < 1.29 is 0 Å². The van der Waals surface area contributed by atoms with Gasteiger partial charge in [0, 0.05) is 12.5 Å². The van der Waals surface area contributed by atoms with Crippen LogP contribution in [-0.4, -0.2) is 18.4 Å². The molecule has 0 spiro atoms. The lowest BCUT2D eigenvalue weighted by atomic mass is 10.1. The molecule has 0 aromatic heterocycles. The van der Waals surface area contributed by atoms with E-state index >= 15 is 0 Å². The highest BCUT2D eigenvalue weighted by Crippen LogP contribution is 2.03. The fourth-order valence-electron chi connectivity index (χ4n) is 1.52. The lowest BCUT2D eigenvalue weighted by Gasteiger charge is -2.05. The van der Waals surface area contributed by atoms with Gasteiger partial charge in [0.05, 0.1) is 6.54 Å². The molecule has 0 unspecified atom stereocenters. The van der Waals surface area contributed by atoms with E-state index in [1.807, 2.05) is 6.07 Å². The van der Waals surface area contributed by atoms with Crippen LogP contribution in [0.15, 0.2) is 35.3 Å². The predicted octanol–water partition coefficient (Wildman–Crippen LogP) is 1.62. The number of hydrogen-bond acceptors (Lipinski definition) is 2. The monoisotopic (exact) mass is 174 g/mol. The minimum atomic E-state index is 0.513. The molecule has 2 rings (SSSR count). The first kappa shape index (κ1) is 8.30. The Kier molecular flexibility index (Phi) is 2.30. The molecule has 68 valence electrons. The van der Waals surface area contributed by atoms with E-state index in [4.69, 9.17) is 0 Å². The number of nitrogens with zero attached hydrogens (tertiary/aromatic N) is 1. The molecule has 1 N–H and O–H groups in total. The van der Waals surface area contributed by atoms with Gasteiger partial charge in [0.15, 0.2) is 0 Å². The first-order valence-electron chi connectivity index (χ1n) is 4.68. The summed E-state index contributed by atoms with van der Waals surface area (Å²) in [6.07, 6.45) is 0.936. The lowest BCUT2D eigenvalue weighted by Crippen LogP contribution is -2.28. The van der Waals surface area contributed by atoms with Gasteiger partial charge in [0.2, 0.25) is 0 Å². The normalized spacial score (nSPS) is 21.0. The zero-order chi connectivity index (χ0) is 9.10. The fourth-order valence-corrected chi connectivity index (χ4v) is 1.52. The molecule has 1 aliphatic heterocycles. The average molecular weight is 174 g/mol. The molecule has 1 atom stereocenters. The van der Waals surface area contributed by atoms with Gasteiger partial charge in [-0.05, 0) is 12.5 Å². The van der Waals surface area contributed by atoms with E-state index in [0.717, 1.165) is 18.8 Å². The van der Waals surface area contributed by atoms with Crippen LogP contribution in [0.5, 0.6) is 0 Å². The van der Waals surface area contributed by atoms with Crippen LogP contribution in [0, 0.1) is 0 Å². The van der Waals surface area contributed by atoms with E-state index < -0.39 is 0 Å². The van der Waals surface area contributed by atoms with Crippen molar-refractivity contribution >= 4 is 5.84 Å². The van der Waals surface area contributed by atoms with E-state index in [2.05, 4.69) is 41.5 Å². The summed E-state index contributed by atoms with van der Waals surface area (Å²) in [5.74, 6) is 1.12. The first-order valence-corrected chi connectivity index (χ1v) is 4.68. The van der Waals surface area contributed by atoms with Crippen LogP contribution in [0.3, 0.4) is 0 Å². The molecule has 2 nitrogen and oxygen atoms in total. The summed E-state index contributed by atoms with van der Waals surface area (Å²) in [4.78, 5) is 4.42. The number of aliphatic imine (C=N–C) groups is 1. The number of hydrogen-bond donors (Lipinski definition) is 1. The summed E-state index contributed by atoms with van der Waals surface area (Å²) in [6, 6.07) is 10.9. The van der Waals surface area contributed by atoms with Crippen LogP contribution in [-0.2, 0) is 6.42 Å². The molecule has 0 radical (unpaired) electrons. The van der Waals surface area contributed by atoms with Gasteiger partial charge in [-0.25, -0.2) is 0 Å². The average Bonchev–Trinajstić information content (AvgIpc) is 2.53. The minimum Gasteiger partial charge on any atom is -0.369 e. The van der Waals surface area contributed by atoms with Crippen molar-refractivity contribution in [2.75, 3.05) is 6.54 Å². The number of benzene rings is 1.